The summed E-state index contributed by atoms with van der Waals surface area (Å²) in [5.74, 6) is 0. The van der Waals surface area contributed by atoms with Gasteiger partial charge >= 0.3 is 5.63 Å². The van der Waals surface area contributed by atoms with Gasteiger partial charge in [0, 0.05) is 15.2 Å². The van der Waals surface area contributed by atoms with Gasteiger partial charge in [-0.3, -0.25) is 5.43 Å². The van der Waals surface area contributed by atoms with Crippen LogP contribution >= 0.6 is 27.3 Å². The summed E-state index contributed by atoms with van der Waals surface area (Å²) in [5.41, 5.74) is 4.55. The molecule has 6 nitrogen and oxygen atoms in total. The van der Waals surface area contributed by atoms with Crippen LogP contribution in [-0.4, -0.2) is 10.7 Å². The fraction of sp³-hybridized carbons (Fsp3) is 0. The van der Waals surface area contributed by atoms with E-state index in [1.807, 2.05) is 42.5 Å². The lowest BCUT2D eigenvalue weighted by molar-refractivity contribution is 0.563. The first-order valence-electron chi connectivity index (χ1n) is 8.12. The van der Waals surface area contributed by atoms with E-state index in [9.17, 15) is 10.1 Å². The fourth-order valence-electron chi connectivity index (χ4n) is 2.51. The average Bonchev–Trinajstić information content (AvgIpc) is 3.19. The number of rotatable bonds is 4. The first-order chi connectivity index (χ1) is 13.6. The van der Waals surface area contributed by atoms with E-state index < -0.39 is 5.63 Å². The van der Waals surface area contributed by atoms with E-state index in [0.29, 0.717) is 21.8 Å². The van der Waals surface area contributed by atoms with Gasteiger partial charge in [0.25, 0.3) is 0 Å². The number of hydrogen-bond donors (Lipinski definition) is 1. The van der Waals surface area contributed by atoms with Crippen LogP contribution in [0.3, 0.4) is 0 Å². The second-order valence-corrected chi connectivity index (χ2v) is 7.49. The molecule has 0 spiro atoms. The standard InChI is InChI=1S/C20H11BrN4O2S/c21-13-5-7-14(8-6-13)24-25-16(10-22)19-23-17(11-28-19)15-9-12-3-1-2-4-18(12)27-20(15)26/h1-9,11,24H. The number of hydrazone groups is 1. The van der Waals surface area contributed by atoms with E-state index in [2.05, 4.69) is 31.4 Å². The van der Waals surface area contributed by atoms with Gasteiger partial charge in [0.2, 0.25) is 0 Å². The molecule has 0 saturated carbocycles. The molecule has 0 unspecified atom stereocenters. The molecule has 0 bridgehead atoms. The summed E-state index contributed by atoms with van der Waals surface area (Å²) in [4.78, 5) is 16.7. The molecule has 0 aliphatic rings. The predicted octanol–water partition coefficient (Wildman–Crippen LogP) is 5.02. The molecule has 0 amide bonds. The van der Waals surface area contributed by atoms with E-state index in [4.69, 9.17) is 4.42 Å². The smallest absolute Gasteiger partial charge is 0.345 e. The highest BCUT2D eigenvalue weighted by atomic mass is 79.9. The quantitative estimate of drug-likeness (QED) is 0.267. The minimum absolute atomic E-state index is 0.129. The zero-order chi connectivity index (χ0) is 19.5. The number of nitriles is 1. The van der Waals surface area contributed by atoms with Crippen molar-refractivity contribution in [3.63, 3.8) is 0 Å². The van der Waals surface area contributed by atoms with Crippen LogP contribution in [0.5, 0.6) is 0 Å². The van der Waals surface area contributed by atoms with Crippen molar-refractivity contribution < 1.29 is 4.42 Å². The number of fused-ring (bicyclic) bond motifs is 1. The van der Waals surface area contributed by atoms with Crippen LogP contribution in [0.2, 0.25) is 0 Å². The van der Waals surface area contributed by atoms with Crippen LogP contribution in [0.4, 0.5) is 5.69 Å². The number of halogens is 1. The molecule has 4 rings (SSSR count). The Labute approximate surface area is 171 Å². The molecule has 2 aromatic carbocycles. The number of anilines is 1. The highest BCUT2D eigenvalue weighted by molar-refractivity contribution is 9.10. The van der Waals surface area contributed by atoms with Gasteiger partial charge in [-0.25, -0.2) is 9.78 Å². The monoisotopic (exact) mass is 450 g/mol. The van der Waals surface area contributed by atoms with E-state index in [0.717, 1.165) is 15.5 Å². The Balaban J connectivity index is 1.65. The Morgan fingerprint density at radius 2 is 2.00 bits per heavy atom. The molecule has 0 aliphatic carbocycles. The molecule has 136 valence electrons. The predicted molar refractivity (Wildman–Crippen MR) is 114 cm³/mol. The van der Waals surface area contributed by atoms with Crippen molar-refractivity contribution in [2.45, 2.75) is 0 Å². The molecule has 0 radical (unpaired) electrons. The van der Waals surface area contributed by atoms with Crippen molar-refractivity contribution in [2.24, 2.45) is 5.10 Å². The van der Waals surface area contributed by atoms with Gasteiger partial charge in [-0.15, -0.1) is 11.3 Å². The van der Waals surface area contributed by atoms with Gasteiger partial charge in [0.1, 0.15) is 11.7 Å². The third-order valence-corrected chi connectivity index (χ3v) is 5.25. The molecule has 2 heterocycles. The summed E-state index contributed by atoms with van der Waals surface area (Å²) in [6.07, 6.45) is 0. The molecule has 0 saturated heterocycles. The van der Waals surface area contributed by atoms with Crippen LogP contribution in [0.25, 0.3) is 22.2 Å². The topological polar surface area (TPSA) is 91.3 Å². The summed E-state index contributed by atoms with van der Waals surface area (Å²) >= 11 is 4.60. The van der Waals surface area contributed by atoms with Crippen molar-refractivity contribution in [2.75, 3.05) is 5.43 Å². The highest BCUT2D eigenvalue weighted by Gasteiger charge is 2.14. The molecular formula is C20H11BrN4O2S. The van der Waals surface area contributed by atoms with Gasteiger partial charge in [-0.2, -0.15) is 10.4 Å². The summed E-state index contributed by atoms with van der Waals surface area (Å²) < 4.78 is 6.30. The Kier molecular flexibility index (Phi) is 5.02. The zero-order valence-corrected chi connectivity index (χ0v) is 16.6. The summed E-state index contributed by atoms with van der Waals surface area (Å²) in [6.45, 7) is 0. The number of benzene rings is 2. The van der Waals surface area contributed by atoms with Gasteiger partial charge in [-0.1, -0.05) is 34.1 Å². The summed E-state index contributed by atoms with van der Waals surface area (Å²) in [5, 5.41) is 16.5. The van der Waals surface area contributed by atoms with Gasteiger partial charge in [0.15, 0.2) is 10.7 Å². The normalized spacial score (nSPS) is 11.4. The summed E-state index contributed by atoms with van der Waals surface area (Å²) in [7, 11) is 0. The van der Waals surface area contributed by atoms with Crippen LogP contribution < -0.4 is 11.1 Å². The number of aromatic nitrogens is 1. The van der Waals surface area contributed by atoms with Gasteiger partial charge < -0.3 is 4.42 Å². The molecule has 0 atom stereocenters. The lowest BCUT2D eigenvalue weighted by Crippen LogP contribution is -2.04. The maximum Gasteiger partial charge on any atom is 0.345 e. The first-order valence-corrected chi connectivity index (χ1v) is 9.80. The minimum Gasteiger partial charge on any atom is -0.422 e. The molecular weight excluding hydrogens is 440 g/mol. The zero-order valence-electron chi connectivity index (χ0n) is 14.2. The van der Waals surface area contributed by atoms with Gasteiger partial charge in [-0.05, 0) is 36.4 Å². The largest absolute Gasteiger partial charge is 0.422 e. The average molecular weight is 451 g/mol. The lowest BCUT2D eigenvalue weighted by Gasteiger charge is -2.00. The molecule has 0 fully saturated rings. The third kappa shape index (κ3) is 3.71. The van der Waals surface area contributed by atoms with Crippen molar-refractivity contribution in [1.82, 2.24) is 4.98 Å². The molecule has 2 aromatic heterocycles. The van der Waals surface area contributed by atoms with Crippen LogP contribution in [-0.2, 0) is 0 Å². The van der Waals surface area contributed by atoms with Crippen molar-refractivity contribution >= 4 is 49.6 Å². The highest BCUT2D eigenvalue weighted by Crippen LogP contribution is 2.23. The fourth-order valence-corrected chi connectivity index (χ4v) is 3.53. The first kappa shape index (κ1) is 18.1. The lowest BCUT2D eigenvalue weighted by atomic mass is 10.1. The summed E-state index contributed by atoms with van der Waals surface area (Å²) in [6, 6.07) is 18.4. The van der Waals surface area contributed by atoms with Crippen LogP contribution in [0, 0.1) is 11.3 Å². The molecule has 1 N–H and O–H groups in total. The van der Waals surface area contributed by atoms with Crippen LogP contribution in [0.15, 0.2) is 78.8 Å². The van der Waals surface area contributed by atoms with E-state index in [1.54, 1.807) is 23.6 Å². The van der Waals surface area contributed by atoms with Gasteiger partial charge in [0.05, 0.1) is 16.9 Å². The van der Waals surface area contributed by atoms with Crippen molar-refractivity contribution in [3.8, 4) is 17.3 Å². The van der Waals surface area contributed by atoms with Crippen molar-refractivity contribution in [1.29, 1.82) is 5.26 Å². The second kappa shape index (κ2) is 7.76. The SMILES string of the molecule is N#CC(=NNc1ccc(Br)cc1)c1nc(-c2cc3ccccc3oc2=O)cs1. The Morgan fingerprint density at radius 1 is 1.21 bits per heavy atom. The van der Waals surface area contributed by atoms with E-state index >= 15 is 0 Å². The molecule has 0 aliphatic heterocycles. The minimum atomic E-state index is -0.473. The molecule has 28 heavy (non-hydrogen) atoms. The number of nitrogens with one attached hydrogen (secondary N) is 1. The number of hydrogen-bond acceptors (Lipinski definition) is 7. The molecule has 8 heteroatoms. The van der Waals surface area contributed by atoms with Crippen LogP contribution in [0.1, 0.15) is 5.01 Å². The Bertz CT molecular complexity index is 1290. The van der Waals surface area contributed by atoms with E-state index in [1.165, 1.54) is 11.3 Å². The Hall–Kier alpha value is -3.28. The van der Waals surface area contributed by atoms with E-state index in [-0.39, 0.29) is 5.71 Å². The number of nitrogens with zero attached hydrogens (tertiary/aromatic N) is 3. The Morgan fingerprint density at radius 3 is 2.79 bits per heavy atom. The van der Waals surface area contributed by atoms with Crippen molar-refractivity contribution in [3.05, 3.63) is 79.9 Å². The maximum absolute atomic E-state index is 12.3. The molecule has 4 aromatic rings. The third-order valence-electron chi connectivity index (χ3n) is 3.87. The second-order valence-electron chi connectivity index (χ2n) is 5.71. The number of para-hydroxylation sites is 1. The number of thiazole rings is 1. The maximum atomic E-state index is 12.3.